The first-order valence-electron chi connectivity index (χ1n) is 14.4. The molecule has 2 bridgehead atoms. The molecular weight excluding hydrogens is 491 g/mol. The van der Waals surface area contributed by atoms with Crippen LogP contribution in [0.25, 0.3) is 21.8 Å². The summed E-state index contributed by atoms with van der Waals surface area (Å²) >= 11 is 0. The van der Waals surface area contributed by atoms with E-state index >= 15 is 4.39 Å². The molecule has 0 radical (unpaired) electrons. The van der Waals surface area contributed by atoms with Gasteiger partial charge >= 0.3 is 0 Å². The number of para-hydroxylation sites is 1. The Bertz CT molecular complexity index is 1600. The minimum atomic E-state index is -0.373. The number of nitrogens with one attached hydrogen (secondary N) is 1. The average molecular weight is 527 g/mol. The van der Waals surface area contributed by atoms with E-state index in [1.165, 1.54) is 18.4 Å². The van der Waals surface area contributed by atoms with Gasteiger partial charge in [-0.1, -0.05) is 18.2 Å². The van der Waals surface area contributed by atoms with Crippen molar-refractivity contribution >= 4 is 33.3 Å². The van der Waals surface area contributed by atoms with Crippen LogP contribution in [0.15, 0.2) is 36.5 Å². The van der Waals surface area contributed by atoms with Crippen LogP contribution in [-0.4, -0.2) is 64.3 Å². The summed E-state index contributed by atoms with van der Waals surface area (Å²) in [4.78, 5) is 14.0. The van der Waals surface area contributed by atoms with Crippen molar-refractivity contribution in [3.8, 4) is 5.88 Å². The molecule has 9 rings (SSSR count). The van der Waals surface area contributed by atoms with Crippen LogP contribution in [0.1, 0.15) is 43.5 Å². The Hall–Kier alpha value is -3.23. The first kappa shape index (κ1) is 23.6. The maximum atomic E-state index is 16.6. The van der Waals surface area contributed by atoms with Crippen LogP contribution in [0.2, 0.25) is 0 Å². The second-order valence-electron chi connectivity index (χ2n) is 12.0. The molecular formula is C31H35FN6O. The Kier molecular flexibility index (Phi) is 5.23. The quantitative estimate of drug-likeness (QED) is 0.390. The molecule has 3 aromatic heterocycles. The van der Waals surface area contributed by atoms with Crippen molar-refractivity contribution in [3.63, 3.8) is 0 Å². The predicted octanol–water partition coefficient (Wildman–Crippen LogP) is 5.12. The predicted molar refractivity (Wildman–Crippen MR) is 152 cm³/mol. The summed E-state index contributed by atoms with van der Waals surface area (Å²) in [5, 5.41) is 5.38. The highest BCUT2D eigenvalue weighted by Crippen LogP contribution is 2.48. The van der Waals surface area contributed by atoms with Crippen LogP contribution in [0.5, 0.6) is 5.88 Å². The first-order valence-corrected chi connectivity index (χ1v) is 14.4. The number of hydrogen-bond acceptors (Lipinski definition) is 6. The van der Waals surface area contributed by atoms with E-state index < -0.39 is 0 Å². The minimum Gasteiger partial charge on any atom is -0.472 e. The molecule has 1 N–H and O–H groups in total. The molecule has 0 spiro atoms. The smallest absolute Gasteiger partial charge is 0.223 e. The van der Waals surface area contributed by atoms with Crippen LogP contribution in [0, 0.1) is 18.7 Å². The van der Waals surface area contributed by atoms with Gasteiger partial charge in [-0.2, -0.15) is 0 Å². The molecule has 7 heterocycles. The van der Waals surface area contributed by atoms with E-state index in [1.807, 2.05) is 29.3 Å². The zero-order chi connectivity index (χ0) is 26.4. The van der Waals surface area contributed by atoms with Crippen molar-refractivity contribution in [2.75, 3.05) is 31.6 Å². The number of nitrogens with zero attached hydrogens (tertiary/aromatic N) is 5. The van der Waals surface area contributed by atoms with Gasteiger partial charge in [-0.05, 0) is 76.7 Å². The van der Waals surface area contributed by atoms with E-state index in [1.54, 1.807) is 0 Å². The van der Waals surface area contributed by atoms with Crippen LogP contribution < -0.4 is 15.0 Å². The second kappa shape index (κ2) is 8.63. The second-order valence-corrected chi connectivity index (χ2v) is 12.0. The first-order chi connectivity index (χ1) is 19.0. The van der Waals surface area contributed by atoms with Gasteiger partial charge in [-0.3, -0.25) is 4.90 Å². The highest BCUT2D eigenvalue weighted by Gasteiger charge is 2.48. The molecule has 1 saturated carbocycles. The molecule has 4 fully saturated rings. The van der Waals surface area contributed by atoms with Crippen molar-refractivity contribution in [2.45, 2.75) is 63.8 Å². The molecule has 39 heavy (non-hydrogen) atoms. The number of likely N-dealkylation sites (tertiary alicyclic amines) is 1. The third-order valence-electron chi connectivity index (χ3n) is 9.85. The Morgan fingerprint density at radius 3 is 2.82 bits per heavy atom. The molecule has 3 saturated heterocycles. The topological polar surface area (TPSA) is 58.5 Å². The number of halogens is 1. The summed E-state index contributed by atoms with van der Waals surface area (Å²) in [5.41, 5.74) is 4.75. The van der Waals surface area contributed by atoms with Gasteiger partial charge in [-0.15, -0.1) is 0 Å². The van der Waals surface area contributed by atoms with E-state index in [-0.39, 0.29) is 11.9 Å². The van der Waals surface area contributed by atoms with Gasteiger partial charge in [0.25, 0.3) is 0 Å². The Morgan fingerprint density at radius 1 is 1.18 bits per heavy atom. The van der Waals surface area contributed by atoms with Crippen LogP contribution in [0.4, 0.5) is 15.9 Å². The van der Waals surface area contributed by atoms with E-state index in [0.717, 1.165) is 53.6 Å². The van der Waals surface area contributed by atoms with Crippen molar-refractivity contribution in [3.05, 3.63) is 53.6 Å². The summed E-state index contributed by atoms with van der Waals surface area (Å²) in [5.74, 6) is 1.10. The Balaban J connectivity index is 1.32. The third-order valence-corrected chi connectivity index (χ3v) is 9.85. The number of benzene rings is 1. The van der Waals surface area contributed by atoms with Crippen molar-refractivity contribution < 1.29 is 9.13 Å². The van der Waals surface area contributed by atoms with Gasteiger partial charge in [0.2, 0.25) is 5.88 Å². The lowest BCUT2D eigenvalue weighted by atomic mass is 9.79. The molecule has 5 atom stereocenters. The molecule has 8 heteroatoms. The molecule has 0 amide bonds. The largest absolute Gasteiger partial charge is 0.472 e. The average Bonchev–Trinajstić information content (AvgIpc) is 3.74. The monoisotopic (exact) mass is 526 g/mol. The molecule has 4 aromatic rings. The SMILES string of the molecule is Cc1cc2c(O[C@@H](C)[C@@H]3CCCN3C)nc3c(F)c(N4CCc5ccccc54)ncc3c2n1C1C2CNC1C2. The fourth-order valence-corrected chi connectivity index (χ4v) is 7.85. The van der Waals surface area contributed by atoms with Crippen molar-refractivity contribution in [2.24, 2.45) is 5.92 Å². The molecule has 3 unspecified atom stereocenters. The molecule has 1 aromatic carbocycles. The summed E-state index contributed by atoms with van der Waals surface area (Å²) in [6.07, 6.45) is 6.14. The number of rotatable bonds is 5. The fourth-order valence-electron chi connectivity index (χ4n) is 7.85. The fraction of sp³-hybridized carbons (Fsp3) is 0.484. The lowest BCUT2D eigenvalue weighted by molar-refractivity contribution is 0.119. The summed E-state index contributed by atoms with van der Waals surface area (Å²) in [6, 6.07) is 11.5. The van der Waals surface area contributed by atoms with Crippen molar-refractivity contribution in [1.29, 1.82) is 0 Å². The van der Waals surface area contributed by atoms with E-state index in [9.17, 15) is 0 Å². The normalized spacial score (nSPS) is 26.9. The maximum absolute atomic E-state index is 16.6. The number of hydrogen-bond donors (Lipinski definition) is 1. The van der Waals surface area contributed by atoms with Gasteiger partial charge in [0.1, 0.15) is 11.6 Å². The molecule has 202 valence electrons. The number of fused-ring (bicyclic) bond motifs is 5. The highest BCUT2D eigenvalue weighted by atomic mass is 19.1. The lowest BCUT2D eigenvalue weighted by Gasteiger charge is -2.37. The highest BCUT2D eigenvalue weighted by molar-refractivity contribution is 6.07. The zero-order valence-corrected chi connectivity index (χ0v) is 22.8. The summed E-state index contributed by atoms with van der Waals surface area (Å²) < 4.78 is 25.6. The number of ether oxygens (including phenoxy) is 1. The number of aryl methyl sites for hydroxylation is 1. The summed E-state index contributed by atoms with van der Waals surface area (Å²) in [6.45, 7) is 7.10. The molecule has 4 aliphatic heterocycles. The molecule has 5 aliphatic rings. The number of aromatic nitrogens is 3. The van der Waals surface area contributed by atoms with E-state index in [2.05, 4.69) is 47.8 Å². The number of anilines is 2. The van der Waals surface area contributed by atoms with Crippen molar-refractivity contribution in [1.82, 2.24) is 24.8 Å². The minimum absolute atomic E-state index is 0.0503. The maximum Gasteiger partial charge on any atom is 0.223 e. The summed E-state index contributed by atoms with van der Waals surface area (Å²) in [7, 11) is 2.16. The molecule has 7 nitrogen and oxygen atoms in total. The van der Waals surface area contributed by atoms with Gasteiger partial charge < -0.3 is 19.5 Å². The van der Waals surface area contributed by atoms with Gasteiger partial charge in [0.15, 0.2) is 11.6 Å². The Labute approximate surface area is 228 Å². The standard InChI is InChI=1S/C31H35FN6O/c1-17-13-21-29(38(17)28-20-14-23(28)33-15-20)22-16-34-30(37-12-10-19-7-4-5-8-25(19)37)26(32)27(22)35-31(21)39-18(2)24-9-6-11-36(24)3/h4-5,7-8,13,16,18,20,23-24,28,33H,6,9-12,14-15H2,1-3H3/t18-,20?,23?,24-,28?/m0/s1. The van der Waals surface area contributed by atoms with E-state index in [4.69, 9.17) is 14.7 Å². The van der Waals surface area contributed by atoms with E-state index in [0.29, 0.717) is 47.8 Å². The van der Waals surface area contributed by atoms with Gasteiger partial charge in [-0.25, -0.2) is 14.4 Å². The Morgan fingerprint density at radius 2 is 2.05 bits per heavy atom. The van der Waals surface area contributed by atoms with Crippen LogP contribution in [0.3, 0.4) is 0 Å². The number of likely N-dealkylation sites (N-methyl/N-ethyl adjacent to an activating group) is 1. The third kappa shape index (κ3) is 3.40. The van der Waals surface area contributed by atoms with Gasteiger partial charge in [0, 0.05) is 48.1 Å². The van der Waals surface area contributed by atoms with Crippen LogP contribution >= 0.6 is 0 Å². The molecule has 1 aliphatic carbocycles. The number of pyridine rings is 2. The van der Waals surface area contributed by atoms with Crippen LogP contribution in [-0.2, 0) is 6.42 Å². The van der Waals surface area contributed by atoms with Gasteiger partial charge in [0.05, 0.1) is 16.9 Å². The lowest BCUT2D eigenvalue weighted by Crippen LogP contribution is -2.39. The zero-order valence-electron chi connectivity index (χ0n) is 22.8.